The van der Waals surface area contributed by atoms with Gasteiger partial charge in [-0.2, -0.15) is 0 Å². The highest BCUT2D eigenvalue weighted by Crippen LogP contribution is 2.17. The second kappa shape index (κ2) is 8.69. The second-order valence-corrected chi connectivity index (χ2v) is 5.60. The summed E-state index contributed by atoms with van der Waals surface area (Å²) < 4.78 is 10.8. The number of aliphatic hydroxyl groups excluding tert-OH is 1. The van der Waals surface area contributed by atoms with Crippen LogP contribution in [0.2, 0.25) is 0 Å². The van der Waals surface area contributed by atoms with E-state index in [-0.39, 0.29) is 11.8 Å². The van der Waals surface area contributed by atoms with E-state index in [1.54, 1.807) is 0 Å². The van der Waals surface area contributed by atoms with E-state index in [1.807, 2.05) is 36.4 Å². The fourth-order valence-electron chi connectivity index (χ4n) is 2.26. The Balaban J connectivity index is 1.71. The molecule has 3 heteroatoms. The normalized spacial score (nSPS) is 15.2. The van der Waals surface area contributed by atoms with Crippen molar-refractivity contribution in [3.8, 4) is 0 Å². The first-order valence-corrected chi connectivity index (χ1v) is 7.68. The van der Waals surface area contributed by atoms with Crippen LogP contribution in [-0.2, 0) is 9.47 Å². The van der Waals surface area contributed by atoms with Crippen LogP contribution >= 0.6 is 0 Å². The van der Waals surface area contributed by atoms with Gasteiger partial charge in [-0.3, -0.25) is 0 Å². The molecule has 0 spiro atoms. The zero-order valence-electron chi connectivity index (χ0n) is 13.2. The third-order valence-electron chi connectivity index (χ3n) is 3.71. The average molecular weight is 300 g/mol. The number of ether oxygens (including phenoxy) is 2. The Labute approximate surface area is 132 Å². The van der Waals surface area contributed by atoms with E-state index in [9.17, 15) is 5.11 Å². The number of rotatable bonds is 8. The summed E-state index contributed by atoms with van der Waals surface area (Å²) in [6.07, 6.45) is 0. The van der Waals surface area contributed by atoms with Crippen molar-refractivity contribution < 1.29 is 14.6 Å². The number of benzene rings is 2. The maximum atomic E-state index is 9.80. The van der Waals surface area contributed by atoms with Crippen molar-refractivity contribution in [3.05, 3.63) is 71.8 Å². The van der Waals surface area contributed by atoms with Crippen molar-refractivity contribution in [3.63, 3.8) is 0 Å². The van der Waals surface area contributed by atoms with Gasteiger partial charge in [0, 0.05) is 11.8 Å². The van der Waals surface area contributed by atoms with Gasteiger partial charge in [0.15, 0.2) is 0 Å². The lowest BCUT2D eigenvalue weighted by molar-refractivity contribution is -0.265. The molecule has 0 heterocycles. The van der Waals surface area contributed by atoms with Crippen molar-refractivity contribution in [2.45, 2.75) is 32.2 Å². The Morgan fingerprint density at radius 3 is 1.45 bits per heavy atom. The van der Waals surface area contributed by atoms with E-state index in [1.165, 1.54) is 11.1 Å². The minimum atomic E-state index is -1.18. The molecule has 2 aromatic rings. The SMILES string of the molecule is CC(COC(O)OCC(C)c1ccccc1)c1ccccc1. The molecule has 2 rings (SSSR count). The van der Waals surface area contributed by atoms with Crippen LogP contribution in [0.5, 0.6) is 0 Å². The van der Waals surface area contributed by atoms with Crippen molar-refractivity contribution in [2.24, 2.45) is 0 Å². The molecule has 0 aliphatic rings. The average Bonchev–Trinajstić information content (AvgIpc) is 2.59. The number of aliphatic hydroxyl groups is 1. The van der Waals surface area contributed by atoms with Gasteiger partial charge in [-0.15, -0.1) is 0 Å². The van der Waals surface area contributed by atoms with Crippen molar-refractivity contribution in [2.75, 3.05) is 13.2 Å². The summed E-state index contributed by atoms with van der Waals surface area (Å²) in [6, 6.07) is 20.2. The van der Waals surface area contributed by atoms with Gasteiger partial charge in [0.1, 0.15) is 0 Å². The highest BCUT2D eigenvalue weighted by molar-refractivity contribution is 5.19. The third-order valence-corrected chi connectivity index (χ3v) is 3.71. The van der Waals surface area contributed by atoms with Gasteiger partial charge in [-0.05, 0) is 11.1 Å². The van der Waals surface area contributed by atoms with Crippen LogP contribution < -0.4 is 0 Å². The van der Waals surface area contributed by atoms with Crippen LogP contribution in [0.15, 0.2) is 60.7 Å². The molecular weight excluding hydrogens is 276 g/mol. The second-order valence-electron chi connectivity index (χ2n) is 5.60. The summed E-state index contributed by atoms with van der Waals surface area (Å²) in [6.45, 7) is 3.79. The maximum Gasteiger partial charge on any atom is 0.269 e. The van der Waals surface area contributed by atoms with Crippen LogP contribution in [0.1, 0.15) is 36.8 Å². The van der Waals surface area contributed by atoms with Crippen molar-refractivity contribution in [1.29, 1.82) is 0 Å². The van der Waals surface area contributed by atoms with Gasteiger partial charge in [0.25, 0.3) is 6.48 Å². The molecule has 0 bridgehead atoms. The fraction of sp³-hybridized carbons (Fsp3) is 0.368. The fourth-order valence-corrected chi connectivity index (χ4v) is 2.26. The summed E-state index contributed by atoms with van der Waals surface area (Å²) in [5, 5.41) is 9.80. The first-order valence-electron chi connectivity index (χ1n) is 7.68. The molecule has 0 radical (unpaired) electrons. The molecule has 2 aromatic carbocycles. The van der Waals surface area contributed by atoms with Gasteiger partial charge in [-0.1, -0.05) is 74.5 Å². The molecule has 0 aromatic heterocycles. The lowest BCUT2D eigenvalue weighted by Gasteiger charge is -2.19. The summed E-state index contributed by atoms with van der Waals surface area (Å²) in [7, 11) is 0. The Kier molecular flexibility index (Phi) is 6.59. The van der Waals surface area contributed by atoms with Crippen molar-refractivity contribution in [1.82, 2.24) is 0 Å². The minimum Gasteiger partial charge on any atom is -0.346 e. The van der Waals surface area contributed by atoms with E-state index in [0.717, 1.165) is 0 Å². The summed E-state index contributed by atoms with van der Waals surface area (Å²) in [5.74, 6) is 0.428. The van der Waals surface area contributed by atoms with E-state index in [2.05, 4.69) is 38.1 Å². The lowest BCUT2D eigenvalue weighted by atomic mass is 10.0. The molecule has 0 fully saturated rings. The molecule has 0 aliphatic carbocycles. The van der Waals surface area contributed by atoms with Crippen LogP contribution in [0, 0.1) is 0 Å². The molecule has 0 amide bonds. The van der Waals surface area contributed by atoms with Gasteiger partial charge in [0.05, 0.1) is 13.2 Å². The van der Waals surface area contributed by atoms with Gasteiger partial charge >= 0.3 is 0 Å². The zero-order valence-corrected chi connectivity index (χ0v) is 13.2. The lowest BCUT2D eigenvalue weighted by Crippen LogP contribution is -2.21. The molecule has 2 unspecified atom stereocenters. The van der Waals surface area contributed by atoms with E-state index >= 15 is 0 Å². The van der Waals surface area contributed by atoms with Gasteiger partial charge in [0.2, 0.25) is 0 Å². The Morgan fingerprint density at radius 1 is 0.727 bits per heavy atom. The quantitative estimate of drug-likeness (QED) is 0.751. The third kappa shape index (κ3) is 5.26. The summed E-state index contributed by atoms with van der Waals surface area (Å²) in [4.78, 5) is 0. The number of hydrogen-bond donors (Lipinski definition) is 1. The Hall–Kier alpha value is -1.68. The molecular formula is C19H24O3. The molecule has 3 nitrogen and oxygen atoms in total. The molecule has 1 N–H and O–H groups in total. The molecule has 0 saturated carbocycles. The summed E-state index contributed by atoms with van der Waals surface area (Å²) >= 11 is 0. The van der Waals surface area contributed by atoms with Crippen molar-refractivity contribution >= 4 is 0 Å². The van der Waals surface area contributed by atoms with E-state index in [4.69, 9.17) is 9.47 Å². The minimum absolute atomic E-state index is 0.214. The van der Waals surface area contributed by atoms with Gasteiger partial charge < -0.3 is 14.6 Å². The standard InChI is InChI=1S/C19H24O3/c1-15(17-9-5-3-6-10-17)13-21-19(20)22-14-16(2)18-11-7-4-8-12-18/h3-12,15-16,19-20H,13-14H2,1-2H3. The monoisotopic (exact) mass is 300 g/mol. The first kappa shape index (κ1) is 16.7. The molecule has 0 saturated heterocycles. The predicted molar refractivity (Wildman–Crippen MR) is 87.6 cm³/mol. The highest BCUT2D eigenvalue weighted by atomic mass is 16.8. The van der Waals surface area contributed by atoms with E-state index in [0.29, 0.717) is 13.2 Å². The molecule has 22 heavy (non-hydrogen) atoms. The molecule has 118 valence electrons. The highest BCUT2D eigenvalue weighted by Gasteiger charge is 2.12. The summed E-state index contributed by atoms with van der Waals surface area (Å²) in [5.41, 5.74) is 2.37. The van der Waals surface area contributed by atoms with Crippen LogP contribution in [-0.4, -0.2) is 24.8 Å². The zero-order chi connectivity index (χ0) is 15.8. The molecule has 2 atom stereocenters. The molecule has 0 aliphatic heterocycles. The smallest absolute Gasteiger partial charge is 0.269 e. The first-order chi connectivity index (χ1) is 10.7. The predicted octanol–water partition coefficient (Wildman–Crippen LogP) is 3.90. The number of hydrogen-bond acceptors (Lipinski definition) is 3. The topological polar surface area (TPSA) is 38.7 Å². The van der Waals surface area contributed by atoms with Crippen LogP contribution in [0.3, 0.4) is 0 Å². The van der Waals surface area contributed by atoms with Crippen LogP contribution in [0.4, 0.5) is 0 Å². The van der Waals surface area contributed by atoms with E-state index < -0.39 is 6.48 Å². The Bertz CT molecular complexity index is 477. The van der Waals surface area contributed by atoms with Gasteiger partial charge in [-0.25, -0.2) is 0 Å². The largest absolute Gasteiger partial charge is 0.346 e. The Morgan fingerprint density at radius 2 is 1.09 bits per heavy atom. The maximum absolute atomic E-state index is 9.80. The van der Waals surface area contributed by atoms with Crippen LogP contribution in [0.25, 0.3) is 0 Å².